The Hall–Kier alpha value is -1.31. The Morgan fingerprint density at radius 1 is 1.24 bits per heavy atom. The van der Waals surface area contributed by atoms with Crippen LogP contribution in [-0.4, -0.2) is 73.5 Å². The second-order valence-electron chi connectivity index (χ2n) is 8.69. The Morgan fingerprint density at radius 2 is 2.06 bits per heavy atom. The van der Waals surface area contributed by atoms with E-state index in [-0.39, 0.29) is 23.2 Å². The Balaban J connectivity index is 1.31. The van der Waals surface area contributed by atoms with E-state index in [1.807, 2.05) is 12.1 Å². The molecule has 0 radical (unpaired) electrons. The van der Waals surface area contributed by atoms with Crippen molar-refractivity contribution in [3.63, 3.8) is 0 Å². The van der Waals surface area contributed by atoms with E-state index in [2.05, 4.69) is 17.1 Å². The quantitative estimate of drug-likeness (QED) is 0.200. The largest absolute Gasteiger partial charge is 0.493 e. The van der Waals surface area contributed by atoms with Crippen molar-refractivity contribution in [1.82, 2.24) is 4.90 Å². The summed E-state index contributed by atoms with van der Waals surface area (Å²) in [6.45, 7) is 4.91. The summed E-state index contributed by atoms with van der Waals surface area (Å²) in [5.41, 5.74) is 0. The summed E-state index contributed by atoms with van der Waals surface area (Å²) in [7, 11) is 0. The van der Waals surface area contributed by atoms with Gasteiger partial charge in [-0.1, -0.05) is 29.8 Å². The third-order valence-electron chi connectivity index (χ3n) is 6.31. The molecule has 0 unspecified atom stereocenters. The summed E-state index contributed by atoms with van der Waals surface area (Å²) in [5, 5.41) is 11.0. The number of halogens is 2. The van der Waals surface area contributed by atoms with Gasteiger partial charge in [-0.05, 0) is 49.8 Å². The average Bonchev–Trinajstić information content (AvgIpc) is 3.07. The maximum atomic E-state index is 11.9. The second kappa shape index (κ2) is 14.2. The molecular weight excluding hydrogens is 465 g/mol. The zero-order valence-corrected chi connectivity index (χ0v) is 20.6. The van der Waals surface area contributed by atoms with Crippen LogP contribution < -0.4 is 4.74 Å². The van der Waals surface area contributed by atoms with Gasteiger partial charge in [0.15, 0.2) is 0 Å². The molecule has 1 saturated heterocycles. The lowest BCUT2D eigenvalue weighted by Gasteiger charge is -2.26. The van der Waals surface area contributed by atoms with Crippen LogP contribution in [0.1, 0.15) is 32.1 Å². The fourth-order valence-corrected chi connectivity index (χ4v) is 5.01. The minimum atomic E-state index is -0.475. The standard InChI is InChI=1S/C25H35Cl2NO5/c26-19-6-5-7-20(16-19)33-18-22-21(23(27)17-24(22)29)8-3-1-2-4-9-25(30)32-15-12-28-10-13-31-14-11-28/h1,3,5-7,16,21-24,29H,2,4,8-15,17-18H2/b3-1-/t21-,22-,23-,24-/m1/s1. The molecule has 0 bridgehead atoms. The van der Waals surface area contributed by atoms with Gasteiger partial charge in [0.05, 0.1) is 25.9 Å². The highest BCUT2D eigenvalue weighted by atomic mass is 35.5. The van der Waals surface area contributed by atoms with Crippen molar-refractivity contribution in [3.8, 4) is 5.75 Å². The number of morpholine rings is 1. The predicted molar refractivity (Wildman–Crippen MR) is 130 cm³/mol. The van der Waals surface area contributed by atoms with E-state index in [0.29, 0.717) is 36.8 Å². The number of esters is 1. The molecule has 1 heterocycles. The van der Waals surface area contributed by atoms with Crippen molar-refractivity contribution in [2.24, 2.45) is 11.8 Å². The van der Waals surface area contributed by atoms with Crippen LogP contribution in [0.15, 0.2) is 36.4 Å². The van der Waals surface area contributed by atoms with Gasteiger partial charge in [0, 0.05) is 42.4 Å². The molecule has 1 aromatic carbocycles. The molecule has 1 N–H and O–H groups in total. The van der Waals surface area contributed by atoms with Crippen LogP contribution in [-0.2, 0) is 14.3 Å². The van der Waals surface area contributed by atoms with Crippen LogP contribution in [0.3, 0.4) is 0 Å². The molecule has 8 heteroatoms. The zero-order valence-electron chi connectivity index (χ0n) is 19.0. The summed E-state index contributed by atoms with van der Waals surface area (Å²) >= 11 is 12.5. The van der Waals surface area contributed by atoms with E-state index < -0.39 is 6.10 Å². The number of ether oxygens (including phenoxy) is 3. The van der Waals surface area contributed by atoms with E-state index in [0.717, 1.165) is 52.1 Å². The minimum absolute atomic E-state index is 0.0300. The average molecular weight is 500 g/mol. The maximum absolute atomic E-state index is 11.9. The number of unbranched alkanes of at least 4 members (excludes halogenated alkanes) is 1. The van der Waals surface area contributed by atoms with Gasteiger partial charge in [-0.25, -0.2) is 0 Å². The molecule has 2 fully saturated rings. The highest BCUT2D eigenvalue weighted by Crippen LogP contribution is 2.39. The highest BCUT2D eigenvalue weighted by Gasteiger charge is 2.41. The van der Waals surface area contributed by atoms with Gasteiger partial charge in [-0.3, -0.25) is 9.69 Å². The molecule has 6 nitrogen and oxygen atoms in total. The number of carbonyl (C=O) groups excluding carboxylic acids is 1. The number of nitrogens with zero attached hydrogens (tertiary/aromatic N) is 1. The minimum Gasteiger partial charge on any atom is -0.493 e. The number of hydrogen-bond acceptors (Lipinski definition) is 6. The SMILES string of the molecule is O=C(CCC/C=C\C[C@@H]1[C@@H](COc2cccc(Cl)c2)[C@H](O)C[C@H]1Cl)OCCN1CCOCC1. The van der Waals surface area contributed by atoms with Crippen LogP contribution in [0.4, 0.5) is 0 Å². The van der Waals surface area contributed by atoms with E-state index in [4.69, 9.17) is 37.4 Å². The third kappa shape index (κ3) is 9.10. The van der Waals surface area contributed by atoms with Crippen molar-refractivity contribution >= 4 is 29.2 Å². The van der Waals surface area contributed by atoms with Gasteiger partial charge >= 0.3 is 5.97 Å². The van der Waals surface area contributed by atoms with Crippen molar-refractivity contribution in [1.29, 1.82) is 0 Å². The number of alkyl halides is 1. The molecule has 2 aliphatic rings. The van der Waals surface area contributed by atoms with Crippen molar-refractivity contribution in [3.05, 3.63) is 41.4 Å². The fourth-order valence-electron chi connectivity index (χ4n) is 4.36. The molecule has 0 spiro atoms. The Bertz CT molecular complexity index is 756. The molecule has 1 aromatic rings. The molecule has 4 atom stereocenters. The zero-order chi connectivity index (χ0) is 23.5. The molecule has 0 aromatic heterocycles. The smallest absolute Gasteiger partial charge is 0.305 e. The van der Waals surface area contributed by atoms with Crippen molar-refractivity contribution in [2.75, 3.05) is 46.1 Å². The van der Waals surface area contributed by atoms with Gasteiger partial charge < -0.3 is 19.3 Å². The van der Waals surface area contributed by atoms with Gasteiger partial charge in [0.2, 0.25) is 0 Å². The molecule has 1 aliphatic carbocycles. The third-order valence-corrected chi connectivity index (χ3v) is 7.05. The first-order valence-corrected chi connectivity index (χ1v) is 12.7. The molecule has 33 heavy (non-hydrogen) atoms. The molecular formula is C25H35Cl2NO5. The first-order valence-electron chi connectivity index (χ1n) is 11.8. The number of carbonyl (C=O) groups is 1. The Labute approximate surface area is 206 Å². The summed E-state index contributed by atoms with van der Waals surface area (Å²) in [4.78, 5) is 14.1. The molecule has 1 saturated carbocycles. The van der Waals surface area contributed by atoms with Crippen molar-refractivity contribution < 1.29 is 24.1 Å². The summed E-state index contributed by atoms with van der Waals surface area (Å²) in [5.74, 6) is 0.660. The number of aliphatic hydroxyl groups excluding tert-OH is 1. The van der Waals surface area contributed by atoms with E-state index in [1.54, 1.807) is 12.1 Å². The predicted octanol–water partition coefficient (Wildman–Crippen LogP) is 4.32. The molecule has 3 rings (SSSR count). The Kier molecular flexibility index (Phi) is 11.3. The van der Waals surface area contributed by atoms with Gasteiger partial charge in [0.1, 0.15) is 12.4 Å². The van der Waals surface area contributed by atoms with Gasteiger partial charge in [-0.15, -0.1) is 11.6 Å². The second-order valence-corrected chi connectivity index (χ2v) is 9.69. The van der Waals surface area contributed by atoms with E-state index >= 15 is 0 Å². The highest BCUT2D eigenvalue weighted by molar-refractivity contribution is 6.30. The molecule has 1 aliphatic heterocycles. The summed E-state index contributed by atoms with van der Waals surface area (Å²) < 4.78 is 16.5. The first kappa shape index (κ1) is 26.3. The number of allylic oxidation sites excluding steroid dienone is 2. The maximum Gasteiger partial charge on any atom is 0.305 e. The van der Waals surface area contributed by atoms with Gasteiger partial charge in [0.25, 0.3) is 0 Å². The number of benzene rings is 1. The van der Waals surface area contributed by atoms with Crippen LogP contribution in [0.2, 0.25) is 5.02 Å². The molecule has 0 amide bonds. The normalized spacial score (nSPS) is 26.0. The topological polar surface area (TPSA) is 68.2 Å². The Morgan fingerprint density at radius 3 is 2.85 bits per heavy atom. The lowest BCUT2D eigenvalue weighted by Crippen LogP contribution is -2.38. The summed E-state index contributed by atoms with van der Waals surface area (Å²) in [6, 6.07) is 7.26. The monoisotopic (exact) mass is 499 g/mol. The number of rotatable bonds is 12. The van der Waals surface area contributed by atoms with Crippen molar-refractivity contribution in [2.45, 2.75) is 43.6 Å². The van der Waals surface area contributed by atoms with E-state index in [9.17, 15) is 9.90 Å². The van der Waals surface area contributed by atoms with Crippen LogP contribution in [0.25, 0.3) is 0 Å². The molecule has 184 valence electrons. The van der Waals surface area contributed by atoms with Crippen LogP contribution >= 0.6 is 23.2 Å². The van der Waals surface area contributed by atoms with Crippen LogP contribution in [0, 0.1) is 11.8 Å². The fraction of sp³-hybridized carbons (Fsp3) is 0.640. The van der Waals surface area contributed by atoms with Crippen LogP contribution in [0.5, 0.6) is 5.75 Å². The lowest BCUT2D eigenvalue weighted by atomic mass is 9.92. The summed E-state index contributed by atoms with van der Waals surface area (Å²) in [6.07, 6.45) is 7.05. The van der Waals surface area contributed by atoms with Gasteiger partial charge in [-0.2, -0.15) is 0 Å². The van der Waals surface area contributed by atoms with E-state index in [1.165, 1.54) is 0 Å². The first-order chi connectivity index (χ1) is 16.0. The number of hydrogen-bond donors (Lipinski definition) is 1. The number of aliphatic hydroxyl groups is 1. The lowest BCUT2D eigenvalue weighted by molar-refractivity contribution is -0.144.